The number of rotatable bonds is 10. The summed E-state index contributed by atoms with van der Waals surface area (Å²) in [5.41, 5.74) is 1.89. The van der Waals surface area contributed by atoms with Crippen molar-refractivity contribution < 1.29 is 24.2 Å². The number of aliphatic carboxylic acids is 1. The average molecular weight is 507 g/mol. The van der Waals surface area contributed by atoms with E-state index in [1.165, 1.54) is 21.0 Å². The number of hydrogen-bond acceptors (Lipinski definition) is 7. The zero-order valence-corrected chi connectivity index (χ0v) is 21.0. The molecule has 4 aromatic rings. The molecule has 4 rings (SSSR count). The molecular weight excluding hydrogens is 480 g/mol. The molecule has 186 valence electrons. The lowest BCUT2D eigenvalue weighted by atomic mass is 10.0. The van der Waals surface area contributed by atoms with Gasteiger partial charge in [-0.15, -0.1) is 0 Å². The second-order valence-corrected chi connectivity index (χ2v) is 9.42. The molecule has 0 aliphatic rings. The lowest BCUT2D eigenvalue weighted by Gasteiger charge is -2.21. The lowest BCUT2D eigenvalue weighted by molar-refractivity contribution is -0.152. The van der Waals surface area contributed by atoms with Gasteiger partial charge >= 0.3 is 10.8 Å². The number of carboxylic acid groups (broad SMARTS) is 1. The molecule has 0 saturated carbocycles. The van der Waals surface area contributed by atoms with Gasteiger partial charge in [-0.2, -0.15) is 0 Å². The van der Waals surface area contributed by atoms with Crippen molar-refractivity contribution in [1.82, 2.24) is 4.57 Å². The smallest absolute Gasteiger partial charge is 0.347 e. The number of aromatic nitrogens is 1. The van der Waals surface area contributed by atoms with Crippen LogP contribution >= 0.6 is 11.3 Å². The van der Waals surface area contributed by atoms with Crippen LogP contribution in [0.25, 0.3) is 10.2 Å². The number of ether oxygens (including phenoxy) is 2. The Morgan fingerprint density at radius 3 is 2.47 bits per heavy atom. The van der Waals surface area contributed by atoms with E-state index in [1.54, 1.807) is 28.8 Å². The Hall–Kier alpha value is -4.11. The van der Waals surface area contributed by atoms with E-state index in [1.807, 2.05) is 48.5 Å². The molecule has 0 saturated heterocycles. The molecule has 0 aliphatic carbocycles. The monoisotopic (exact) mass is 506 g/mol. The van der Waals surface area contributed by atoms with E-state index < -0.39 is 11.6 Å². The third kappa shape index (κ3) is 5.58. The van der Waals surface area contributed by atoms with E-state index in [0.29, 0.717) is 23.8 Å². The second-order valence-electron chi connectivity index (χ2n) is 8.43. The average Bonchev–Trinajstić information content (AvgIpc) is 3.17. The van der Waals surface area contributed by atoms with Crippen molar-refractivity contribution in [2.45, 2.75) is 26.0 Å². The summed E-state index contributed by atoms with van der Waals surface area (Å²) in [6, 6.07) is 22.2. The van der Waals surface area contributed by atoms with Gasteiger partial charge in [-0.1, -0.05) is 59.0 Å². The van der Waals surface area contributed by atoms with Gasteiger partial charge in [-0.05, 0) is 38.1 Å². The van der Waals surface area contributed by atoms with Crippen LogP contribution in [0.5, 0.6) is 11.5 Å². The first-order valence-corrected chi connectivity index (χ1v) is 12.1. The van der Waals surface area contributed by atoms with Gasteiger partial charge in [-0.3, -0.25) is 9.36 Å². The molecule has 0 unspecified atom stereocenters. The van der Waals surface area contributed by atoms with Crippen LogP contribution in [0.3, 0.4) is 0 Å². The molecule has 0 spiro atoms. The maximum atomic E-state index is 12.7. The number of benzene rings is 3. The van der Waals surface area contributed by atoms with Crippen molar-refractivity contribution in [3.8, 4) is 11.5 Å². The molecule has 0 bridgehead atoms. The molecule has 0 radical (unpaired) electrons. The number of hydrogen-bond donors (Lipinski definition) is 1. The van der Waals surface area contributed by atoms with Gasteiger partial charge < -0.3 is 19.4 Å². The largest absolute Gasteiger partial charge is 0.492 e. The fourth-order valence-electron chi connectivity index (χ4n) is 3.61. The topological polar surface area (TPSA) is 99.4 Å². The summed E-state index contributed by atoms with van der Waals surface area (Å²) in [5.74, 6) is -0.158. The van der Waals surface area contributed by atoms with Gasteiger partial charge in [0.1, 0.15) is 30.9 Å². The SMILES string of the molecule is CO/N=C(\c1ccccc1)c1ccc2c(c1)sc(=O)n2CCOc1cccc(OC(C)(C)C(=O)O)c1. The fourth-order valence-corrected chi connectivity index (χ4v) is 4.56. The Morgan fingerprint density at radius 1 is 1.00 bits per heavy atom. The van der Waals surface area contributed by atoms with Gasteiger partial charge in [0.15, 0.2) is 5.60 Å². The molecule has 0 atom stereocenters. The molecule has 3 aromatic carbocycles. The minimum atomic E-state index is -1.37. The van der Waals surface area contributed by atoms with Crippen LogP contribution in [0.15, 0.2) is 82.7 Å². The normalized spacial score (nSPS) is 11.9. The third-order valence-electron chi connectivity index (χ3n) is 5.45. The maximum absolute atomic E-state index is 12.7. The molecule has 0 aliphatic heterocycles. The molecule has 0 fully saturated rings. The summed E-state index contributed by atoms with van der Waals surface area (Å²) in [5, 5.41) is 13.5. The number of oxime groups is 1. The summed E-state index contributed by atoms with van der Waals surface area (Å²) >= 11 is 1.16. The van der Waals surface area contributed by atoms with E-state index in [2.05, 4.69) is 5.16 Å². The van der Waals surface area contributed by atoms with Crippen LogP contribution in [-0.4, -0.2) is 40.7 Å². The second kappa shape index (κ2) is 10.7. The van der Waals surface area contributed by atoms with Gasteiger partial charge in [0, 0.05) is 17.2 Å². The van der Waals surface area contributed by atoms with Crippen molar-refractivity contribution >= 4 is 33.2 Å². The molecule has 1 heterocycles. The van der Waals surface area contributed by atoms with Crippen molar-refractivity contribution in [3.63, 3.8) is 0 Å². The van der Waals surface area contributed by atoms with Crippen LogP contribution in [0.4, 0.5) is 0 Å². The van der Waals surface area contributed by atoms with E-state index in [-0.39, 0.29) is 11.5 Å². The van der Waals surface area contributed by atoms with Gasteiger partial charge in [0.25, 0.3) is 0 Å². The highest BCUT2D eigenvalue weighted by Gasteiger charge is 2.29. The fraction of sp³-hybridized carbons (Fsp3) is 0.222. The summed E-state index contributed by atoms with van der Waals surface area (Å²) in [6.45, 7) is 3.56. The molecule has 9 heteroatoms. The first kappa shape index (κ1) is 25.0. The third-order valence-corrected chi connectivity index (χ3v) is 6.39. The molecule has 0 amide bonds. The van der Waals surface area contributed by atoms with Crippen molar-refractivity contribution in [2.75, 3.05) is 13.7 Å². The van der Waals surface area contributed by atoms with Crippen molar-refractivity contribution in [3.05, 3.63) is 93.6 Å². The molecule has 36 heavy (non-hydrogen) atoms. The zero-order valence-electron chi connectivity index (χ0n) is 20.1. The molecular formula is C27H26N2O6S. The number of thiazole rings is 1. The van der Waals surface area contributed by atoms with Crippen LogP contribution in [0.1, 0.15) is 25.0 Å². The number of carbonyl (C=O) groups is 1. The minimum Gasteiger partial charge on any atom is -0.492 e. The summed E-state index contributed by atoms with van der Waals surface area (Å²) in [7, 11) is 1.51. The van der Waals surface area contributed by atoms with E-state index in [0.717, 1.165) is 32.7 Å². The lowest BCUT2D eigenvalue weighted by Crippen LogP contribution is -2.37. The van der Waals surface area contributed by atoms with Crippen LogP contribution in [0.2, 0.25) is 0 Å². The molecule has 8 nitrogen and oxygen atoms in total. The Balaban J connectivity index is 1.50. The summed E-state index contributed by atoms with van der Waals surface area (Å²) in [6.07, 6.45) is 0. The highest BCUT2D eigenvalue weighted by atomic mass is 32.1. The molecule has 1 N–H and O–H groups in total. The van der Waals surface area contributed by atoms with Crippen LogP contribution in [0, 0.1) is 0 Å². The van der Waals surface area contributed by atoms with E-state index in [4.69, 9.17) is 14.3 Å². The number of fused-ring (bicyclic) bond motifs is 1. The van der Waals surface area contributed by atoms with Gasteiger partial charge in [0.05, 0.1) is 16.8 Å². The first-order chi connectivity index (χ1) is 17.3. The number of carboxylic acids is 1. The number of nitrogens with zero attached hydrogens (tertiary/aromatic N) is 2. The molecule has 1 aromatic heterocycles. The summed E-state index contributed by atoms with van der Waals surface area (Å²) in [4.78, 5) is 29.0. The van der Waals surface area contributed by atoms with E-state index >= 15 is 0 Å². The Morgan fingerprint density at radius 2 is 1.75 bits per heavy atom. The maximum Gasteiger partial charge on any atom is 0.347 e. The van der Waals surface area contributed by atoms with E-state index in [9.17, 15) is 14.7 Å². The predicted molar refractivity (Wildman–Crippen MR) is 139 cm³/mol. The Kier molecular flexibility index (Phi) is 7.40. The minimum absolute atomic E-state index is 0.0871. The van der Waals surface area contributed by atoms with Crippen LogP contribution < -0.4 is 14.3 Å². The van der Waals surface area contributed by atoms with Crippen molar-refractivity contribution in [2.24, 2.45) is 5.16 Å². The zero-order chi connectivity index (χ0) is 25.7. The Bertz CT molecular complexity index is 1460. The van der Waals surface area contributed by atoms with Crippen LogP contribution in [-0.2, 0) is 16.2 Å². The van der Waals surface area contributed by atoms with Gasteiger partial charge in [-0.25, -0.2) is 4.79 Å². The quantitative estimate of drug-likeness (QED) is 0.245. The Labute approximate surface area is 212 Å². The highest BCUT2D eigenvalue weighted by molar-refractivity contribution is 7.16. The van der Waals surface area contributed by atoms with Crippen molar-refractivity contribution in [1.29, 1.82) is 0 Å². The predicted octanol–water partition coefficient (Wildman–Crippen LogP) is 4.78. The first-order valence-electron chi connectivity index (χ1n) is 11.2. The highest BCUT2D eigenvalue weighted by Crippen LogP contribution is 2.25. The summed E-state index contributed by atoms with van der Waals surface area (Å²) < 4.78 is 13.9. The standard InChI is InChI=1S/C27H26N2O6S/c1-27(2,25(30)31)35-21-11-7-10-20(17-21)34-15-14-29-22-13-12-19(16-23(22)36-26(29)32)24(28-33-3)18-8-5-4-6-9-18/h4-13,16-17H,14-15H2,1-3H3,(H,30,31)/b28-24+. The van der Waals surface area contributed by atoms with Gasteiger partial charge in [0.2, 0.25) is 0 Å².